The van der Waals surface area contributed by atoms with Crippen LogP contribution in [0, 0.1) is 0 Å². The molecule has 1 aromatic rings. The van der Waals surface area contributed by atoms with Crippen molar-refractivity contribution >= 4 is 34.8 Å². The molecule has 0 fully saturated rings. The first-order valence-corrected chi connectivity index (χ1v) is 5.19. The Morgan fingerprint density at radius 1 is 1.18 bits per heavy atom. The minimum Gasteiger partial charge on any atom is -0.396 e. The van der Waals surface area contributed by atoms with Crippen LogP contribution < -0.4 is 11.5 Å². The molecule has 0 heterocycles. The van der Waals surface area contributed by atoms with E-state index in [1.54, 1.807) is 0 Å². The lowest BCUT2D eigenvalue weighted by Gasteiger charge is -2.09. The van der Waals surface area contributed by atoms with Crippen LogP contribution in [0.4, 0.5) is 22.7 Å². The van der Waals surface area contributed by atoms with E-state index < -0.39 is 0 Å². The molecular weight excluding hydrogens is 244 g/mol. The van der Waals surface area contributed by atoms with Gasteiger partial charge in [-0.1, -0.05) is 0 Å². The second-order valence-electron chi connectivity index (χ2n) is 2.83. The Balaban J connectivity index is 3.45. The monoisotopic (exact) mass is 256 g/mol. The summed E-state index contributed by atoms with van der Waals surface area (Å²) in [6.07, 6.45) is 0. The summed E-state index contributed by atoms with van der Waals surface area (Å²) < 4.78 is 3.97. The summed E-state index contributed by atoms with van der Waals surface area (Å²) in [5.74, 6) is 0. The molecule has 0 bridgehead atoms. The predicted octanol–water partition coefficient (Wildman–Crippen LogP) is 2.77. The highest BCUT2D eigenvalue weighted by Crippen LogP contribution is 2.43. The fourth-order valence-electron chi connectivity index (χ4n) is 1.17. The first-order chi connectivity index (χ1) is 8.15. The molecule has 92 valence electrons. The van der Waals surface area contributed by atoms with Gasteiger partial charge in [0.15, 0.2) is 0 Å². The van der Waals surface area contributed by atoms with E-state index in [-0.39, 0.29) is 17.1 Å². The van der Waals surface area contributed by atoms with Gasteiger partial charge in [-0.3, -0.25) is 0 Å². The number of hydrogen-bond acceptors (Lipinski definition) is 9. The van der Waals surface area contributed by atoms with Crippen LogP contribution in [0.5, 0.6) is 0 Å². The Morgan fingerprint density at radius 2 is 1.82 bits per heavy atom. The Labute approximate surface area is 102 Å². The molecule has 0 spiro atoms. The normalized spacial score (nSPS) is 11.7. The second kappa shape index (κ2) is 6.13. The molecule has 0 amide bonds. The SMILES string of the molecule is CN=Nc1cc(SOO)c(N)c(N=NC)c1N. The van der Waals surface area contributed by atoms with Crippen LogP contribution in [-0.2, 0) is 4.33 Å². The van der Waals surface area contributed by atoms with Gasteiger partial charge in [-0.25, -0.2) is 5.26 Å². The van der Waals surface area contributed by atoms with Crippen molar-refractivity contribution in [3.8, 4) is 0 Å². The average Bonchev–Trinajstić information content (AvgIpc) is 2.31. The van der Waals surface area contributed by atoms with Gasteiger partial charge in [0.25, 0.3) is 0 Å². The highest BCUT2D eigenvalue weighted by atomic mass is 32.2. The number of nitrogens with zero attached hydrogens (tertiary/aromatic N) is 4. The molecule has 17 heavy (non-hydrogen) atoms. The maximum atomic E-state index is 8.42. The van der Waals surface area contributed by atoms with Gasteiger partial charge in [0.05, 0.1) is 28.3 Å². The van der Waals surface area contributed by atoms with Crippen molar-refractivity contribution in [2.75, 3.05) is 25.6 Å². The highest BCUT2D eigenvalue weighted by Gasteiger charge is 2.15. The van der Waals surface area contributed by atoms with E-state index in [2.05, 4.69) is 24.8 Å². The van der Waals surface area contributed by atoms with Gasteiger partial charge in [0.1, 0.15) is 11.4 Å². The molecule has 0 saturated heterocycles. The molecule has 5 N–H and O–H groups in total. The predicted molar refractivity (Wildman–Crippen MR) is 65.7 cm³/mol. The van der Waals surface area contributed by atoms with E-state index in [1.807, 2.05) is 0 Å². The standard InChI is InChI=1S/C8H12N6O2S/c1-11-13-4-3-5(17-16-15)7(10)8(6(4)9)14-12-2/h3,15H,9-10H2,1-2H3. The molecule has 0 aromatic heterocycles. The first-order valence-electron chi connectivity index (χ1n) is 4.45. The molecule has 0 saturated carbocycles. The van der Waals surface area contributed by atoms with Gasteiger partial charge in [-0.05, 0) is 6.07 Å². The van der Waals surface area contributed by atoms with E-state index >= 15 is 0 Å². The number of hydrogen-bond donors (Lipinski definition) is 3. The minimum absolute atomic E-state index is 0.252. The summed E-state index contributed by atoms with van der Waals surface area (Å²) in [5.41, 5.74) is 12.8. The van der Waals surface area contributed by atoms with Crippen molar-refractivity contribution < 1.29 is 9.59 Å². The number of benzene rings is 1. The van der Waals surface area contributed by atoms with Gasteiger partial charge in [0, 0.05) is 14.1 Å². The van der Waals surface area contributed by atoms with E-state index in [0.29, 0.717) is 22.6 Å². The van der Waals surface area contributed by atoms with Crippen LogP contribution in [0.1, 0.15) is 0 Å². The van der Waals surface area contributed by atoms with Gasteiger partial charge in [-0.2, -0.15) is 24.8 Å². The van der Waals surface area contributed by atoms with Gasteiger partial charge in [0.2, 0.25) is 0 Å². The lowest BCUT2D eigenvalue weighted by molar-refractivity contribution is -0.116. The van der Waals surface area contributed by atoms with Crippen LogP contribution in [-0.4, -0.2) is 19.4 Å². The molecule has 0 radical (unpaired) electrons. The van der Waals surface area contributed by atoms with Crippen LogP contribution in [0.25, 0.3) is 0 Å². The van der Waals surface area contributed by atoms with Crippen LogP contribution in [0.15, 0.2) is 31.4 Å². The molecule has 0 aliphatic heterocycles. The zero-order valence-electron chi connectivity index (χ0n) is 9.28. The van der Waals surface area contributed by atoms with E-state index in [9.17, 15) is 0 Å². The Kier molecular flexibility index (Phi) is 4.82. The molecule has 1 aromatic carbocycles. The van der Waals surface area contributed by atoms with Crippen LogP contribution >= 0.6 is 12.0 Å². The Bertz CT molecular complexity index is 462. The molecule has 8 nitrogen and oxygen atoms in total. The van der Waals surface area contributed by atoms with Gasteiger partial charge < -0.3 is 11.5 Å². The van der Waals surface area contributed by atoms with E-state index in [1.165, 1.54) is 20.2 Å². The Hall–Kier alpha value is -1.71. The third kappa shape index (κ3) is 2.90. The van der Waals surface area contributed by atoms with Gasteiger partial charge >= 0.3 is 0 Å². The van der Waals surface area contributed by atoms with E-state index in [0.717, 1.165) is 0 Å². The molecule has 0 aliphatic rings. The summed E-state index contributed by atoms with van der Waals surface area (Å²) in [7, 11) is 2.99. The maximum absolute atomic E-state index is 8.42. The van der Waals surface area contributed by atoms with Crippen molar-refractivity contribution in [1.29, 1.82) is 0 Å². The number of anilines is 2. The summed E-state index contributed by atoms with van der Waals surface area (Å²) in [6.45, 7) is 0. The number of azo groups is 2. The van der Waals surface area contributed by atoms with E-state index in [4.69, 9.17) is 16.7 Å². The number of nitrogens with two attached hydrogens (primary N) is 2. The topological polar surface area (TPSA) is 131 Å². The molecular formula is C8H12N6O2S. The molecule has 0 atom stereocenters. The lowest BCUT2D eigenvalue weighted by Crippen LogP contribution is -1.95. The van der Waals surface area contributed by atoms with Gasteiger partial charge in [-0.15, -0.1) is 0 Å². The van der Waals surface area contributed by atoms with Crippen molar-refractivity contribution in [2.24, 2.45) is 20.5 Å². The first kappa shape index (κ1) is 13.4. The van der Waals surface area contributed by atoms with Crippen molar-refractivity contribution in [1.82, 2.24) is 0 Å². The minimum atomic E-state index is 0.252. The van der Waals surface area contributed by atoms with Crippen molar-refractivity contribution in [3.63, 3.8) is 0 Å². The zero-order valence-corrected chi connectivity index (χ0v) is 10.1. The molecule has 1 rings (SSSR count). The fourth-order valence-corrected chi connectivity index (χ4v) is 1.60. The summed E-state index contributed by atoms with van der Waals surface area (Å²) in [6, 6.07) is 1.53. The number of rotatable bonds is 4. The zero-order chi connectivity index (χ0) is 12.8. The fraction of sp³-hybridized carbons (Fsp3) is 0.250. The third-order valence-electron chi connectivity index (χ3n) is 1.85. The highest BCUT2D eigenvalue weighted by molar-refractivity contribution is 7.94. The summed E-state index contributed by atoms with van der Waals surface area (Å²) in [5, 5.41) is 23.3. The average molecular weight is 256 g/mol. The molecule has 0 aliphatic carbocycles. The maximum Gasteiger partial charge on any atom is 0.134 e. The van der Waals surface area contributed by atoms with Crippen molar-refractivity contribution in [2.45, 2.75) is 4.90 Å². The largest absolute Gasteiger partial charge is 0.396 e. The number of nitrogen functional groups attached to an aromatic ring is 2. The second-order valence-corrected chi connectivity index (χ2v) is 3.58. The smallest absolute Gasteiger partial charge is 0.134 e. The summed E-state index contributed by atoms with van der Waals surface area (Å²) >= 11 is 0.662. The van der Waals surface area contributed by atoms with Crippen LogP contribution in [0.2, 0.25) is 0 Å². The van der Waals surface area contributed by atoms with Crippen molar-refractivity contribution in [3.05, 3.63) is 6.07 Å². The van der Waals surface area contributed by atoms with Crippen LogP contribution in [0.3, 0.4) is 0 Å². The summed E-state index contributed by atoms with van der Waals surface area (Å²) in [4.78, 5) is 0.423. The molecule has 0 unspecified atom stereocenters. The quantitative estimate of drug-likeness (QED) is 0.250. The molecule has 9 heteroatoms. The third-order valence-corrected chi connectivity index (χ3v) is 2.45. The Morgan fingerprint density at radius 3 is 2.35 bits per heavy atom. The lowest BCUT2D eigenvalue weighted by atomic mass is 10.2.